The molecule has 0 radical (unpaired) electrons. The van der Waals surface area contributed by atoms with E-state index in [0.717, 1.165) is 0 Å². The van der Waals surface area contributed by atoms with Gasteiger partial charge in [-0.15, -0.1) is 0 Å². The average molecular weight is 448 g/mol. The molecule has 0 aliphatic carbocycles. The van der Waals surface area contributed by atoms with Crippen molar-refractivity contribution in [1.29, 1.82) is 0 Å². The molecule has 3 aromatic rings. The molecule has 30 heavy (non-hydrogen) atoms. The van der Waals surface area contributed by atoms with Gasteiger partial charge in [0.1, 0.15) is 11.1 Å². The van der Waals surface area contributed by atoms with Crippen molar-refractivity contribution in [2.75, 3.05) is 37.8 Å². The summed E-state index contributed by atoms with van der Waals surface area (Å²) in [4.78, 5) is 23.9. The first kappa shape index (κ1) is 20.7. The molecule has 4 rings (SSSR count). The molecule has 7 nitrogen and oxygen atoms in total. The van der Waals surface area contributed by atoms with Gasteiger partial charge in [0.25, 0.3) is 0 Å². The summed E-state index contributed by atoms with van der Waals surface area (Å²) in [6.07, 6.45) is 1.53. The number of hydrogen-bond donors (Lipinski definition) is 1. The number of rotatable bonds is 4. The van der Waals surface area contributed by atoms with Crippen LogP contribution in [-0.2, 0) is 9.47 Å². The Morgan fingerprint density at radius 3 is 2.60 bits per heavy atom. The Morgan fingerprint density at radius 2 is 1.93 bits per heavy atom. The fourth-order valence-electron chi connectivity index (χ4n) is 3.39. The molecule has 156 valence electrons. The Balaban J connectivity index is 1.92. The summed E-state index contributed by atoms with van der Waals surface area (Å²) in [5, 5.41) is 10.1. The van der Waals surface area contributed by atoms with E-state index in [1.165, 1.54) is 6.20 Å². The third kappa shape index (κ3) is 3.88. The number of hydrogen-bond acceptors (Lipinski definition) is 7. The van der Waals surface area contributed by atoms with Gasteiger partial charge in [-0.25, -0.2) is 9.78 Å². The van der Waals surface area contributed by atoms with Crippen molar-refractivity contribution >= 4 is 45.9 Å². The first-order valence-electron chi connectivity index (χ1n) is 9.47. The molecule has 0 bridgehead atoms. The summed E-state index contributed by atoms with van der Waals surface area (Å²) in [5.41, 5.74) is 3.46. The Bertz CT molecular complexity index is 1090. The highest BCUT2D eigenvalue weighted by Gasteiger charge is 2.24. The summed E-state index contributed by atoms with van der Waals surface area (Å²) < 4.78 is 10.7. The van der Waals surface area contributed by atoms with Crippen molar-refractivity contribution in [2.24, 2.45) is 0 Å². The van der Waals surface area contributed by atoms with Gasteiger partial charge in [-0.1, -0.05) is 23.2 Å². The Morgan fingerprint density at radius 1 is 1.23 bits per heavy atom. The van der Waals surface area contributed by atoms with Gasteiger partial charge in [-0.05, 0) is 31.2 Å². The topological polar surface area (TPSA) is 84.8 Å². The molecular formula is C21H19Cl2N3O4. The minimum atomic E-state index is -0.448. The van der Waals surface area contributed by atoms with Crippen LogP contribution in [-0.4, -0.2) is 54.0 Å². The van der Waals surface area contributed by atoms with Crippen LogP contribution in [0, 0.1) is 0 Å². The average Bonchev–Trinajstić information content (AvgIpc) is 2.76. The zero-order valence-electron chi connectivity index (χ0n) is 16.2. The smallest absolute Gasteiger partial charge is 0.341 e. The highest BCUT2D eigenvalue weighted by Crippen LogP contribution is 2.37. The van der Waals surface area contributed by atoms with Crippen molar-refractivity contribution in [3.05, 3.63) is 46.1 Å². The maximum absolute atomic E-state index is 12.6. The van der Waals surface area contributed by atoms with E-state index in [-0.39, 0.29) is 22.4 Å². The van der Waals surface area contributed by atoms with Gasteiger partial charge < -0.3 is 19.5 Å². The second-order valence-corrected chi connectivity index (χ2v) is 7.51. The van der Waals surface area contributed by atoms with Crippen LogP contribution in [0.5, 0.6) is 5.75 Å². The van der Waals surface area contributed by atoms with Crippen LogP contribution in [0.15, 0.2) is 30.5 Å². The highest BCUT2D eigenvalue weighted by atomic mass is 35.5. The van der Waals surface area contributed by atoms with Crippen LogP contribution in [0.3, 0.4) is 0 Å². The third-order valence-corrected chi connectivity index (χ3v) is 5.40. The minimum absolute atomic E-state index is 0.131. The number of anilines is 1. The molecule has 2 aromatic heterocycles. The molecule has 3 heterocycles. The predicted molar refractivity (Wildman–Crippen MR) is 116 cm³/mol. The van der Waals surface area contributed by atoms with E-state index in [9.17, 15) is 9.90 Å². The quantitative estimate of drug-likeness (QED) is 0.595. The second kappa shape index (κ2) is 8.63. The maximum Gasteiger partial charge on any atom is 0.341 e. The summed E-state index contributed by atoms with van der Waals surface area (Å²) >= 11 is 12.2. The van der Waals surface area contributed by atoms with Crippen molar-refractivity contribution in [2.45, 2.75) is 6.92 Å². The third-order valence-electron chi connectivity index (χ3n) is 4.82. The SMILES string of the molecule is CCOC(=O)c1cnc2ccc(-c3cc(Cl)c(O)c(Cl)c3)nc2c1N1CCOCC1. The van der Waals surface area contributed by atoms with E-state index in [1.807, 2.05) is 6.07 Å². The second-order valence-electron chi connectivity index (χ2n) is 6.69. The summed E-state index contributed by atoms with van der Waals surface area (Å²) in [7, 11) is 0. The lowest BCUT2D eigenvalue weighted by Crippen LogP contribution is -2.37. The lowest BCUT2D eigenvalue weighted by Gasteiger charge is -2.30. The van der Waals surface area contributed by atoms with E-state index in [1.54, 1.807) is 25.1 Å². The number of phenolic OH excluding ortho intramolecular Hbond substituents is 1. The van der Waals surface area contributed by atoms with E-state index >= 15 is 0 Å². The summed E-state index contributed by atoms with van der Waals surface area (Å²) in [6, 6.07) is 6.80. The van der Waals surface area contributed by atoms with Crippen molar-refractivity contribution < 1.29 is 19.4 Å². The van der Waals surface area contributed by atoms with E-state index in [2.05, 4.69) is 9.88 Å². The number of benzene rings is 1. The molecule has 0 atom stereocenters. The molecule has 0 spiro atoms. The molecule has 1 saturated heterocycles. The van der Waals surface area contributed by atoms with Crippen molar-refractivity contribution in [1.82, 2.24) is 9.97 Å². The minimum Gasteiger partial charge on any atom is -0.505 e. The molecule has 1 aliphatic rings. The Labute approximate surface area is 183 Å². The van der Waals surface area contributed by atoms with Gasteiger partial charge in [-0.2, -0.15) is 0 Å². The molecule has 9 heteroatoms. The van der Waals surface area contributed by atoms with Gasteiger partial charge in [0, 0.05) is 24.8 Å². The number of ether oxygens (including phenoxy) is 2. The van der Waals surface area contributed by atoms with E-state index in [0.29, 0.717) is 59.8 Å². The van der Waals surface area contributed by atoms with Gasteiger partial charge >= 0.3 is 5.97 Å². The number of esters is 1. The normalized spacial score (nSPS) is 14.2. The van der Waals surface area contributed by atoms with Gasteiger partial charge in [0.15, 0.2) is 5.75 Å². The van der Waals surface area contributed by atoms with Gasteiger partial charge in [-0.3, -0.25) is 4.98 Å². The molecule has 0 amide bonds. The fourth-order valence-corrected chi connectivity index (χ4v) is 3.88. The van der Waals surface area contributed by atoms with Crippen LogP contribution in [0.4, 0.5) is 5.69 Å². The molecule has 0 saturated carbocycles. The van der Waals surface area contributed by atoms with Crippen LogP contribution in [0.25, 0.3) is 22.3 Å². The lowest BCUT2D eigenvalue weighted by molar-refractivity contribution is 0.0526. The number of aromatic hydroxyl groups is 1. The molecular weight excluding hydrogens is 429 g/mol. The number of nitrogens with zero attached hydrogens (tertiary/aromatic N) is 3. The Kier molecular flexibility index (Phi) is 5.94. The van der Waals surface area contributed by atoms with E-state index < -0.39 is 5.97 Å². The maximum atomic E-state index is 12.6. The van der Waals surface area contributed by atoms with Crippen LogP contribution >= 0.6 is 23.2 Å². The van der Waals surface area contributed by atoms with Crippen molar-refractivity contribution in [3.63, 3.8) is 0 Å². The number of carbonyl (C=O) groups excluding carboxylic acids is 1. The van der Waals surface area contributed by atoms with Crippen LogP contribution in [0.2, 0.25) is 10.0 Å². The predicted octanol–water partition coefficient (Wildman–Crippen LogP) is 4.32. The van der Waals surface area contributed by atoms with Crippen LogP contribution in [0.1, 0.15) is 17.3 Å². The highest BCUT2D eigenvalue weighted by molar-refractivity contribution is 6.37. The monoisotopic (exact) mass is 447 g/mol. The first-order valence-corrected chi connectivity index (χ1v) is 10.2. The zero-order chi connectivity index (χ0) is 21.3. The number of phenols is 1. The largest absolute Gasteiger partial charge is 0.505 e. The number of carbonyl (C=O) groups is 1. The van der Waals surface area contributed by atoms with Crippen LogP contribution < -0.4 is 4.90 Å². The number of pyridine rings is 2. The number of halogens is 2. The zero-order valence-corrected chi connectivity index (χ0v) is 17.7. The van der Waals surface area contributed by atoms with Crippen molar-refractivity contribution in [3.8, 4) is 17.0 Å². The fraction of sp³-hybridized carbons (Fsp3) is 0.286. The Hall–Kier alpha value is -2.61. The summed E-state index contributed by atoms with van der Waals surface area (Å²) in [6.45, 7) is 4.36. The molecule has 1 aliphatic heterocycles. The number of fused-ring (bicyclic) bond motifs is 1. The number of morpholine rings is 1. The summed E-state index contributed by atoms with van der Waals surface area (Å²) in [5.74, 6) is -0.626. The number of aromatic nitrogens is 2. The molecule has 1 N–H and O–H groups in total. The molecule has 0 unspecified atom stereocenters. The molecule has 1 aromatic carbocycles. The van der Waals surface area contributed by atoms with Gasteiger partial charge in [0.05, 0.1) is 46.8 Å². The van der Waals surface area contributed by atoms with Gasteiger partial charge in [0.2, 0.25) is 0 Å². The standard InChI is InChI=1S/C21H19Cl2N3O4/c1-2-30-21(28)13-11-24-17-4-3-16(12-9-14(22)20(27)15(23)10-12)25-18(17)19(13)26-5-7-29-8-6-26/h3-4,9-11,27H,2,5-8H2,1H3. The first-order chi connectivity index (χ1) is 14.5. The van der Waals surface area contributed by atoms with E-state index in [4.69, 9.17) is 37.7 Å². The molecule has 1 fully saturated rings. The lowest BCUT2D eigenvalue weighted by atomic mass is 10.1.